The molecule has 2 heterocycles. The van der Waals surface area contributed by atoms with E-state index in [0.717, 1.165) is 60.1 Å². The maximum Gasteiger partial charge on any atom is 0.329 e. The third kappa shape index (κ3) is 5.29. The molecule has 1 saturated carbocycles. The van der Waals surface area contributed by atoms with Gasteiger partial charge in [-0.1, -0.05) is 81.6 Å². The van der Waals surface area contributed by atoms with Crippen molar-refractivity contribution in [1.82, 2.24) is 29.8 Å². The Hall–Kier alpha value is -3.55. The fourth-order valence-electron chi connectivity index (χ4n) is 5.57. The Labute approximate surface area is 216 Å². The lowest BCUT2D eigenvalue weighted by atomic mass is 9.95. The van der Waals surface area contributed by atoms with Crippen LogP contribution in [0.25, 0.3) is 22.5 Å². The van der Waals surface area contributed by atoms with Crippen LogP contribution in [0.4, 0.5) is 4.39 Å². The summed E-state index contributed by atoms with van der Waals surface area (Å²) in [5, 5.41) is 14.3. The molecule has 0 radical (unpaired) electrons. The van der Waals surface area contributed by atoms with Crippen LogP contribution in [0, 0.1) is 5.92 Å². The molecule has 0 amide bonds. The smallest absolute Gasteiger partial charge is 0.292 e. The SMILES string of the molecule is CC(C)CCc1c(CF)n(C2CCCCC2)c(=O)n1Cc1ccc(-c2ccccc2-c2nnn[nH]2)cc1. The van der Waals surface area contributed by atoms with E-state index in [9.17, 15) is 9.18 Å². The average Bonchev–Trinajstić information content (AvgIpc) is 3.55. The summed E-state index contributed by atoms with van der Waals surface area (Å²) in [7, 11) is 0. The first-order valence-electron chi connectivity index (χ1n) is 13.4. The van der Waals surface area contributed by atoms with Gasteiger partial charge in [0.15, 0.2) is 5.82 Å². The number of nitrogens with zero attached hydrogens (tertiary/aromatic N) is 5. The normalized spacial score (nSPS) is 14.5. The van der Waals surface area contributed by atoms with E-state index in [1.807, 2.05) is 28.8 Å². The minimum atomic E-state index is -0.599. The Bertz CT molecular complexity index is 1360. The second kappa shape index (κ2) is 11.2. The Morgan fingerprint density at radius 3 is 2.38 bits per heavy atom. The van der Waals surface area contributed by atoms with Gasteiger partial charge in [0.05, 0.1) is 12.2 Å². The molecule has 37 heavy (non-hydrogen) atoms. The highest BCUT2D eigenvalue weighted by Gasteiger charge is 2.26. The molecule has 2 aromatic carbocycles. The lowest BCUT2D eigenvalue weighted by molar-refractivity contribution is 0.326. The first kappa shape index (κ1) is 25.1. The van der Waals surface area contributed by atoms with Crippen LogP contribution >= 0.6 is 0 Å². The molecule has 1 aliphatic rings. The second-order valence-corrected chi connectivity index (χ2v) is 10.5. The molecule has 0 bridgehead atoms. The number of H-pyrrole nitrogens is 1. The Morgan fingerprint density at radius 2 is 1.73 bits per heavy atom. The first-order chi connectivity index (χ1) is 18.1. The second-order valence-electron chi connectivity index (χ2n) is 10.5. The van der Waals surface area contributed by atoms with Crippen LogP contribution in [0.2, 0.25) is 0 Å². The van der Waals surface area contributed by atoms with Crippen LogP contribution in [0.5, 0.6) is 0 Å². The molecular formula is C29H35FN6O. The van der Waals surface area contributed by atoms with Gasteiger partial charge >= 0.3 is 5.69 Å². The molecule has 8 heteroatoms. The third-order valence-electron chi connectivity index (χ3n) is 7.54. The highest BCUT2D eigenvalue weighted by atomic mass is 19.1. The zero-order valence-corrected chi connectivity index (χ0v) is 21.7. The number of nitrogens with one attached hydrogen (secondary N) is 1. The summed E-state index contributed by atoms with van der Waals surface area (Å²) in [6.45, 7) is 4.17. The van der Waals surface area contributed by atoms with Crippen LogP contribution in [0.15, 0.2) is 53.3 Å². The highest BCUT2D eigenvalue weighted by Crippen LogP contribution is 2.32. The number of imidazole rings is 1. The van der Waals surface area contributed by atoms with Crippen molar-refractivity contribution in [2.75, 3.05) is 0 Å². The van der Waals surface area contributed by atoms with Gasteiger partial charge in [0, 0.05) is 17.3 Å². The maximum absolute atomic E-state index is 14.5. The summed E-state index contributed by atoms with van der Waals surface area (Å²) < 4.78 is 18.1. The summed E-state index contributed by atoms with van der Waals surface area (Å²) in [5.41, 5.74) is 5.37. The molecule has 1 N–H and O–H groups in total. The molecule has 0 spiro atoms. The Kier molecular flexibility index (Phi) is 7.63. The summed E-state index contributed by atoms with van der Waals surface area (Å²) in [4.78, 5) is 13.7. The molecule has 7 nitrogen and oxygen atoms in total. The molecule has 1 aliphatic carbocycles. The van der Waals surface area contributed by atoms with Crippen LogP contribution in [0.1, 0.15) is 75.4 Å². The van der Waals surface area contributed by atoms with E-state index >= 15 is 0 Å². The topological polar surface area (TPSA) is 81.4 Å². The zero-order chi connectivity index (χ0) is 25.8. The van der Waals surface area contributed by atoms with Crippen molar-refractivity contribution in [3.05, 3.63) is 76.0 Å². The van der Waals surface area contributed by atoms with E-state index in [1.165, 1.54) is 6.42 Å². The zero-order valence-electron chi connectivity index (χ0n) is 21.7. The van der Waals surface area contributed by atoms with Crippen LogP contribution < -0.4 is 5.69 Å². The van der Waals surface area contributed by atoms with E-state index in [2.05, 4.69) is 58.7 Å². The number of alkyl halides is 1. The van der Waals surface area contributed by atoms with Crippen LogP contribution in [0.3, 0.4) is 0 Å². The largest absolute Gasteiger partial charge is 0.329 e. The lowest BCUT2D eigenvalue weighted by Gasteiger charge is -2.23. The molecule has 0 atom stereocenters. The summed E-state index contributed by atoms with van der Waals surface area (Å²) in [6, 6.07) is 16.3. The number of halogens is 1. The van der Waals surface area contributed by atoms with Gasteiger partial charge in [-0.3, -0.25) is 9.13 Å². The number of hydrogen-bond acceptors (Lipinski definition) is 4. The number of rotatable bonds is 9. The molecule has 2 aromatic heterocycles. The molecule has 1 fully saturated rings. The number of benzene rings is 2. The van der Waals surface area contributed by atoms with Crippen LogP contribution in [-0.2, 0) is 19.6 Å². The van der Waals surface area contributed by atoms with Crippen molar-refractivity contribution in [3.63, 3.8) is 0 Å². The van der Waals surface area contributed by atoms with Gasteiger partial charge in [-0.2, -0.15) is 0 Å². The molecule has 5 rings (SSSR count). The predicted octanol–water partition coefficient (Wildman–Crippen LogP) is 6.11. The number of tetrazole rings is 1. The summed E-state index contributed by atoms with van der Waals surface area (Å²) >= 11 is 0. The molecule has 0 aliphatic heterocycles. The van der Waals surface area contributed by atoms with Gasteiger partial charge in [-0.05, 0) is 58.7 Å². The minimum absolute atomic E-state index is 0.0643. The van der Waals surface area contributed by atoms with E-state index < -0.39 is 6.67 Å². The van der Waals surface area contributed by atoms with E-state index in [0.29, 0.717) is 30.4 Å². The predicted molar refractivity (Wildman–Crippen MR) is 143 cm³/mol. The van der Waals surface area contributed by atoms with Gasteiger partial charge < -0.3 is 0 Å². The minimum Gasteiger partial charge on any atom is -0.292 e. The summed E-state index contributed by atoms with van der Waals surface area (Å²) in [6.07, 6.45) is 6.94. The number of hydrogen-bond donors (Lipinski definition) is 1. The highest BCUT2D eigenvalue weighted by molar-refractivity contribution is 5.80. The molecule has 0 unspecified atom stereocenters. The van der Waals surface area contributed by atoms with E-state index in [-0.39, 0.29) is 11.7 Å². The summed E-state index contributed by atoms with van der Waals surface area (Å²) in [5.74, 6) is 1.09. The fourth-order valence-corrected chi connectivity index (χ4v) is 5.57. The quantitative estimate of drug-likeness (QED) is 0.299. The number of aromatic nitrogens is 6. The van der Waals surface area contributed by atoms with E-state index in [4.69, 9.17) is 0 Å². The first-order valence-corrected chi connectivity index (χ1v) is 13.4. The van der Waals surface area contributed by atoms with E-state index in [1.54, 1.807) is 4.57 Å². The van der Waals surface area contributed by atoms with Gasteiger partial charge in [-0.25, -0.2) is 14.3 Å². The van der Waals surface area contributed by atoms with Crippen molar-refractivity contribution >= 4 is 0 Å². The van der Waals surface area contributed by atoms with Gasteiger partial charge in [0.25, 0.3) is 0 Å². The van der Waals surface area contributed by atoms with Gasteiger partial charge in [0.1, 0.15) is 6.67 Å². The molecule has 194 valence electrons. The van der Waals surface area contributed by atoms with Gasteiger partial charge in [0.2, 0.25) is 0 Å². The standard InChI is InChI=1S/C29H35FN6O/c1-20(2)12-17-26-27(18-30)36(23-8-4-3-5-9-23)29(37)35(26)19-21-13-15-22(16-14-21)24-10-6-7-11-25(24)28-31-33-34-32-28/h6-7,10-11,13-16,20,23H,3-5,8-9,12,17-19H2,1-2H3,(H,31,32,33,34). The average molecular weight is 503 g/mol. The molecule has 4 aromatic rings. The maximum atomic E-state index is 14.5. The van der Waals surface area contributed by atoms with Gasteiger partial charge in [-0.15, -0.1) is 5.10 Å². The Balaban J connectivity index is 1.48. The van der Waals surface area contributed by atoms with Crippen molar-refractivity contribution in [1.29, 1.82) is 0 Å². The third-order valence-corrected chi connectivity index (χ3v) is 7.54. The molecule has 0 saturated heterocycles. The van der Waals surface area contributed by atoms with Crippen LogP contribution in [-0.4, -0.2) is 29.8 Å². The van der Waals surface area contributed by atoms with Crippen molar-refractivity contribution in [3.8, 4) is 22.5 Å². The van der Waals surface area contributed by atoms with Crippen molar-refractivity contribution < 1.29 is 4.39 Å². The van der Waals surface area contributed by atoms with Crippen molar-refractivity contribution in [2.24, 2.45) is 5.92 Å². The monoisotopic (exact) mass is 502 g/mol. The van der Waals surface area contributed by atoms with Crippen molar-refractivity contribution in [2.45, 2.75) is 78.1 Å². The lowest BCUT2D eigenvalue weighted by Crippen LogP contribution is -2.30. The molecular weight excluding hydrogens is 467 g/mol. The Morgan fingerprint density at radius 1 is 1.00 bits per heavy atom. The number of aromatic amines is 1. The fraction of sp³-hybridized carbons (Fsp3) is 0.448.